The number of rotatable bonds is 10. The summed E-state index contributed by atoms with van der Waals surface area (Å²) in [6, 6.07) is 22.0. The fourth-order valence-electron chi connectivity index (χ4n) is 4.87. The molecule has 1 aromatic heterocycles. The summed E-state index contributed by atoms with van der Waals surface area (Å²) in [4.78, 5) is 27.7. The number of H-pyrrole nitrogens is 1. The Balaban J connectivity index is 1.13. The van der Waals surface area contributed by atoms with Crippen LogP contribution in [0.3, 0.4) is 0 Å². The molecule has 1 aliphatic rings. The van der Waals surface area contributed by atoms with E-state index >= 15 is 0 Å². The first-order valence-corrected chi connectivity index (χ1v) is 13.7. The number of aromatic amines is 1. The van der Waals surface area contributed by atoms with Gasteiger partial charge in [0.15, 0.2) is 0 Å². The number of hydrogen-bond donors (Lipinski definition) is 4. The largest absolute Gasteiger partial charge is 0.351 e. The zero-order valence-electron chi connectivity index (χ0n) is 22.3. The molecule has 0 aliphatic carbocycles. The maximum absolute atomic E-state index is 12.7. The number of nitrogens with zero attached hydrogens (tertiary/aromatic N) is 4. The van der Waals surface area contributed by atoms with Gasteiger partial charge in [-0.2, -0.15) is 5.21 Å². The van der Waals surface area contributed by atoms with Crippen LogP contribution < -0.4 is 16.4 Å². The Morgan fingerprint density at radius 3 is 2.40 bits per heavy atom. The van der Waals surface area contributed by atoms with Crippen molar-refractivity contribution in [3.8, 4) is 22.5 Å². The lowest BCUT2D eigenvalue weighted by molar-refractivity contribution is -0.117. The van der Waals surface area contributed by atoms with Crippen molar-refractivity contribution < 1.29 is 9.59 Å². The van der Waals surface area contributed by atoms with E-state index in [0.29, 0.717) is 30.0 Å². The number of carbonyl (C=O) groups excluding carboxylic acids is 2. The van der Waals surface area contributed by atoms with Gasteiger partial charge in [0.2, 0.25) is 11.7 Å². The van der Waals surface area contributed by atoms with E-state index < -0.39 is 6.04 Å². The molecule has 0 bridgehead atoms. The third-order valence-electron chi connectivity index (χ3n) is 7.12. The molecule has 0 spiro atoms. The van der Waals surface area contributed by atoms with Gasteiger partial charge in [-0.15, -0.1) is 10.2 Å². The van der Waals surface area contributed by atoms with Crippen molar-refractivity contribution in [3.05, 3.63) is 83.9 Å². The average molecular weight is 539 g/mol. The predicted octanol–water partition coefficient (Wildman–Crippen LogP) is 3.26. The van der Waals surface area contributed by atoms with Gasteiger partial charge in [-0.05, 0) is 90.7 Å². The van der Waals surface area contributed by atoms with Crippen LogP contribution in [0.15, 0.2) is 72.8 Å². The number of nitrogens with two attached hydrogens (primary N) is 1. The standard InChI is InChI=1S/C30H34N8O2/c31-27(30(40)33-26-13-11-23(12-14-26)28-34-36-37-35-28)20-21-5-4-6-25(19-21)22-7-9-24(10-8-22)29(39)32-15-18-38-16-2-1-3-17-38/h4-14,19,27H,1-3,15-18,20,31H2,(H,32,39)(H,33,40)(H,34,35,36,37)/t27-/m0/s1. The van der Waals surface area contributed by atoms with E-state index in [1.54, 1.807) is 24.3 Å². The molecular formula is C30H34N8O2. The van der Waals surface area contributed by atoms with E-state index in [0.717, 1.165) is 41.9 Å². The van der Waals surface area contributed by atoms with E-state index in [-0.39, 0.29) is 11.8 Å². The maximum atomic E-state index is 12.7. The molecule has 4 aromatic rings. The highest BCUT2D eigenvalue weighted by Gasteiger charge is 2.16. The van der Waals surface area contributed by atoms with Crippen LogP contribution in [0.5, 0.6) is 0 Å². The summed E-state index contributed by atoms with van der Waals surface area (Å²) in [6.45, 7) is 3.79. The van der Waals surface area contributed by atoms with Crippen molar-refractivity contribution in [1.29, 1.82) is 0 Å². The molecule has 5 N–H and O–H groups in total. The number of piperidine rings is 1. The fourth-order valence-corrected chi connectivity index (χ4v) is 4.87. The quantitative estimate of drug-likeness (QED) is 0.243. The molecule has 1 aliphatic heterocycles. The summed E-state index contributed by atoms with van der Waals surface area (Å²) in [5.41, 5.74) is 11.2. The van der Waals surface area contributed by atoms with E-state index in [1.807, 2.05) is 48.5 Å². The molecule has 0 saturated carbocycles. The van der Waals surface area contributed by atoms with Gasteiger partial charge in [-0.25, -0.2) is 0 Å². The zero-order chi connectivity index (χ0) is 27.7. The van der Waals surface area contributed by atoms with Crippen molar-refractivity contribution in [2.45, 2.75) is 31.7 Å². The van der Waals surface area contributed by atoms with Gasteiger partial charge in [-0.3, -0.25) is 9.59 Å². The van der Waals surface area contributed by atoms with Gasteiger partial charge in [0.05, 0.1) is 6.04 Å². The lowest BCUT2D eigenvalue weighted by Gasteiger charge is -2.26. The van der Waals surface area contributed by atoms with E-state index in [1.165, 1.54) is 19.3 Å². The number of benzene rings is 3. The number of carbonyl (C=O) groups is 2. The maximum Gasteiger partial charge on any atom is 0.251 e. The number of tetrazole rings is 1. The third-order valence-corrected chi connectivity index (χ3v) is 7.12. The van der Waals surface area contributed by atoms with E-state index in [9.17, 15) is 9.59 Å². The first-order chi connectivity index (χ1) is 19.5. The molecule has 1 saturated heterocycles. The van der Waals surface area contributed by atoms with Crippen LogP contribution in [-0.2, 0) is 11.2 Å². The SMILES string of the molecule is N[C@@H](Cc1cccc(-c2ccc(C(=O)NCCN3CCCCC3)cc2)c1)C(=O)Nc1ccc(-c2nn[nH]n2)cc1. The molecule has 10 nitrogen and oxygen atoms in total. The second kappa shape index (κ2) is 13.1. The van der Waals surface area contributed by atoms with Crippen LogP contribution in [0, 0.1) is 0 Å². The molecular weight excluding hydrogens is 504 g/mol. The number of amides is 2. The summed E-state index contributed by atoms with van der Waals surface area (Å²) in [5, 5.41) is 19.8. The first kappa shape index (κ1) is 27.2. The molecule has 206 valence electrons. The van der Waals surface area contributed by atoms with Crippen LogP contribution in [0.1, 0.15) is 35.2 Å². The topological polar surface area (TPSA) is 142 Å². The van der Waals surface area contributed by atoms with E-state index in [4.69, 9.17) is 5.73 Å². The van der Waals surface area contributed by atoms with Crippen LogP contribution in [0.2, 0.25) is 0 Å². The number of hydrogen-bond acceptors (Lipinski definition) is 7. The van der Waals surface area contributed by atoms with Crippen LogP contribution >= 0.6 is 0 Å². The molecule has 2 heterocycles. The van der Waals surface area contributed by atoms with Gasteiger partial charge in [0, 0.05) is 29.9 Å². The van der Waals surface area contributed by atoms with Crippen molar-refractivity contribution in [3.63, 3.8) is 0 Å². The summed E-state index contributed by atoms with van der Waals surface area (Å²) in [5.74, 6) is 0.155. The minimum absolute atomic E-state index is 0.0567. The minimum Gasteiger partial charge on any atom is -0.351 e. The van der Waals surface area contributed by atoms with Gasteiger partial charge >= 0.3 is 0 Å². The highest BCUT2D eigenvalue weighted by Crippen LogP contribution is 2.22. The fraction of sp³-hybridized carbons (Fsp3) is 0.300. The molecule has 3 aromatic carbocycles. The Hall–Kier alpha value is -4.41. The molecule has 1 fully saturated rings. The predicted molar refractivity (Wildman–Crippen MR) is 154 cm³/mol. The molecule has 0 unspecified atom stereocenters. The molecule has 10 heteroatoms. The van der Waals surface area contributed by atoms with Crippen molar-refractivity contribution >= 4 is 17.5 Å². The monoisotopic (exact) mass is 538 g/mol. The molecule has 5 rings (SSSR count). The van der Waals surface area contributed by atoms with Crippen molar-refractivity contribution in [2.24, 2.45) is 5.73 Å². The summed E-state index contributed by atoms with van der Waals surface area (Å²) >= 11 is 0. The minimum atomic E-state index is -0.719. The summed E-state index contributed by atoms with van der Waals surface area (Å²) in [7, 11) is 0. The Morgan fingerprint density at radius 1 is 0.925 bits per heavy atom. The Kier molecular flexibility index (Phi) is 8.89. The zero-order valence-corrected chi connectivity index (χ0v) is 22.3. The first-order valence-electron chi connectivity index (χ1n) is 13.7. The molecule has 2 amide bonds. The van der Waals surface area contributed by atoms with Crippen LogP contribution in [-0.4, -0.2) is 69.6 Å². The van der Waals surface area contributed by atoms with Crippen LogP contribution in [0.4, 0.5) is 5.69 Å². The van der Waals surface area contributed by atoms with Gasteiger partial charge in [-0.1, -0.05) is 42.8 Å². The number of likely N-dealkylation sites (tertiary alicyclic amines) is 1. The normalized spacial score (nSPS) is 14.4. The van der Waals surface area contributed by atoms with Gasteiger partial charge in [0.25, 0.3) is 5.91 Å². The molecule has 0 radical (unpaired) electrons. The van der Waals surface area contributed by atoms with Gasteiger partial charge < -0.3 is 21.3 Å². The highest BCUT2D eigenvalue weighted by molar-refractivity contribution is 5.95. The van der Waals surface area contributed by atoms with Crippen molar-refractivity contribution in [1.82, 2.24) is 30.8 Å². The Labute approximate surface area is 233 Å². The summed E-state index contributed by atoms with van der Waals surface area (Å²) in [6.07, 6.45) is 4.18. The lowest BCUT2D eigenvalue weighted by Crippen LogP contribution is -2.37. The second-order valence-corrected chi connectivity index (χ2v) is 10.0. The number of nitrogens with one attached hydrogen (secondary N) is 3. The number of aromatic nitrogens is 4. The van der Waals surface area contributed by atoms with Gasteiger partial charge in [0.1, 0.15) is 0 Å². The third kappa shape index (κ3) is 7.16. The van der Waals surface area contributed by atoms with Crippen LogP contribution in [0.25, 0.3) is 22.5 Å². The smallest absolute Gasteiger partial charge is 0.251 e. The molecule has 1 atom stereocenters. The van der Waals surface area contributed by atoms with E-state index in [2.05, 4.69) is 36.2 Å². The lowest BCUT2D eigenvalue weighted by atomic mass is 9.98. The Morgan fingerprint density at radius 2 is 1.68 bits per heavy atom. The molecule has 40 heavy (non-hydrogen) atoms. The second-order valence-electron chi connectivity index (χ2n) is 10.0. The summed E-state index contributed by atoms with van der Waals surface area (Å²) < 4.78 is 0. The number of anilines is 1. The van der Waals surface area contributed by atoms with Crippen molar-refractivity contribution in [2.75, 3.05) is 31.5 Å². The average Bonchev–Trinajstić information content (AvgIpc) is 3.53. The highest BCUT2D eigenvalue weighted by atomic mass is 16.2. The Bertz CT molecular complexity index is 1400.